The number of halogens is 2. The molecule has 0 unspecified atom stereocenters. The summed E-state index contributed by atoms with van der Waals surface area (Å²) in [6.45, 7) is 6.46. The lowest BCUT2D eigenvalue weighted by molar-refractivity contribution is -0.0979. The molecule has 3 nitrogen and oxygen atoms in total. The summed E-state index contributed by atoms with van der Waals surface area (Å²) in [5, 5.41) is 11.9. The maximum absolute atomic E-state index is 10.8. The number of fused-ring (bicyclic) bond motifs is 2. The predicted molar refractivity (Wildman–Crippen MR) is 87.3 cm³/mol. The molecule has 2 aliphatic heterocycles. The van der Waals surface area contributed by atoms with E-state index in [9.17, 15) is 5.11 Å². The molecule has 2 bridgehead atoms. The Balaban J connectivity index is 1.79. The van der Waals surface area contributed by atoms with E-state index in [1.54, 1.807) is 18.2 Å². The Hall–Kier alpha value is -0.320. The molecule has 0 aliphatic carbocycles. The van der Waals surface area contributed by atoms with Gasteiger partial charge in [-0.2, -0.15) is 0 Å². The Morgan fingerprint density at radius 2 is 1.95 bits per heavy atom. The minimum atomic E-state index is -0.632. The lowest BCUT2D eigenvalue weighted by atomic mass is 9.73. The second-order valence-corrected chi connectivity index (χ2v) is 7.72. The van der Waals surface area contributed by atoms with E-state index in [2.05, 4.69) is 13.8 Å². The summed E-state index contributed by atoms with van der Waals surface area (Å²) in [7, 11) is 0. The van der Waals surface area contributed by atoms with Crippen molar-refractivity contribution in [2.24, 2.45) is 5.92 Å². The average molecular weight is 345 g/mol. The fourth-order valence-corrected chi connectivity index (χ4v) is 4.34. The Labute approximate surface area is 141 Å². The van der Waals surface area contributed by atoms with Crippen molar-refractivity contribution < 1.29 is 14.6 Å². The third kappa shape index (κ3) is 2.38. The summed E-state index contributed by atoms with van der Waals surface area (Å²) in [6.07, 6.45) is 0.765. The first-order valence-corrected chi connectivity index (χ1v) is 8.48. The average Bonchev–Trinajstić information content (AvgIpc) is 2.90. The van der Waals surface area contributed by atoms with Crippen molar-refractivity contribution in [2.75, 3.05) is 0 Å². The molecule has 0 radical (unpaired) electrons. The van der Waals surface area contributed by atoms with E-state index >= 15 is 0 Å². The molecular weight excluding hydrogens is 323 g/mol. The first-order valence-electron chi connectivity index (χ1n) is 7.73. The van der Waals surface area contributed by atoms with Gasteiger partial charge in [0, 0.05) is 15.6 Å². The van der Waals surface area contributed by atoms with Crippen LogP contribution in [0, 0.1) is 5.92 Å². The van der Waals surface area contributed by atoms with E-state index in [1.165, 1.54) is 0 Å². The number of ether oxygens (including phenoxy) is 2. The molecule has 5 heteroatoms. The first-order chi connectivity index (χ1) is 10.3. The van der Waals surface area contributed by atoms with Crippen LogP contribution in [-0.2, 0) is 16.1 Å². The quantitative estimate of drug-likeness (QED) is 0.888. The van der Waals surface area contributed by atoms with Crippen LogP contribution in [0.25, 0.3) is 0 Å². The molecule has 0 aromatic heterocycles. The van der Waals surface area contributed by atoms with Crippen LogP contribution in [-0.4, -0.2) is 28.5 Å². The van der Waals surface area contributed by atoms with Crippen LogP contribution < -0.4 is 0 Å². The van der Waals surface area contributed by atoms with Crippen molar-refractivity contribution in [1.82, 2.24) is 0 Å². The van der Waals surface area contributed by atoms with E-state index in [1.807, 2.05) is 6.92 Å². The van der Waals surface area contributed by atoms with Crippen molar-refractivity contribution in [3.63, 3.8) is 0 Å². The highest BCUT2D eigenvalue weighted by molar-refractivity contribution is 6.35. The van der Waals surface area contributed by atoms with Crippen LogP contribution >= 0.6 is 23.2 Å². The van der Waals surface area contributed by atoms with Crippen LogP contribution in [0.2, 0.25) is 10.0 Å². The molecule has 122 valence electrons. The molecule has 22 heavy (non-hydrogen) atoms. The number of rotatable bonds is 4. The molecule has 2 fully saturated rings. The number of aliphatic hydroxyl groups excluding tert-OH is 1. The molecule has 2 saturated heterocycles. The van der Waals surface area contributed by atoms with Crippen LogP contribution in [0.4, 0.5) is 0 Å². The molecule has 1 aromatic rings. The van der Waals surface area contributed by atoms with Crippen molar-refractivity contribution in [3.8, 4) is 0 Å². The van der Waals surface area contributed by atoms with Crippen molar-refractivity contribution in [2.45, 2.75) is 63.6 Å². The molecule has 2 heterocycles. The molecule has 4 atom stereocenters. The van der Waals surface area contributed by atoms with Gasteiger partial charge in [-0.1, -0.05) is 43.1 Å². The third-order valence-electron chi connectivity index (χ3n) is 5.27. The summed E-state index contributed by atoms with van der Waals surface area (Å²) in [4.78, 5) is 0. The van der Waals surface area contributed by atoms with Gasteiger partial charge in [0.15, 0.2) is 0 Å². The molecule has 1 aromatic carbocycles. The summed E-state index contributed by atoms with van der Waals surface area (Å²) in [5.74, 6) is 0.238. The number of benzene rings is 1. The third-order valence-corrected chi connectivity index (χ3v) is 5.98. The maximum atomic E-state index is 10.8. The Kier molecular flexibility index (Phi) is 4.24. The van der Waals surface area contributed by atoms with Gasteiger partial charge in [0.25, 0.3) is 0 Å². The zero-order chi connectivity index (χ0) is 16.1. The second kappa shape index (κ2) is 5.64. The Morgan fingerprint density at radius 1 is 1.32 bits per heavy atom. The normalized spacial score (nSPS) is 37.2. The van der Waals surface area contributed by atoms with Gasteiger partial charge in [0.1, 0.15) is 12.2 Å². The predicted octanol–water partition coefficient (Wildman–Crippen LogP) is 4.22. The fourth-order valence-electron chi connectivity index (χ4n) is 3.84. The van der Waals surface area contributed by atoms with Crippen LogP contribution in [0.5, 0.6) is 0 Å². The van der Waals surface area contributed by atoms with Crippen molar-refractivity contribution >= 4 is 23.2 Å². The van der Waals surface area contributed by atoms with Gasteiger partial charge >= 0.3 is 0 Å². The SMILES string of the molecule is CC(C)[C@]12CC[C@](C)(O1)[C@H](OCc1c(Cl)cccc1Cl)[C@H]2O. The number of aliphatic hydroxyl groups is 1. The number of hydrogen-bond acceptors (Lipinski definition) is 3. The van der Waals surface area contributed by atoms with Crippen LogP contribution in [0.15, 0.2) is 18.2 Å². The van der Waals surface area contributed by atoms with Gasteiger partial charge in [0.2, 0.25) is 0 Å². The van der Waals surface area contributed by atoms with E-state index in [0.717, 1.165) is 18.4 Å². The van der Waals surface area contributed by atoms with Gasteiger partial charge in [-0.3, -0.25) is 0 Å². The van der Waals surface area contributed by atoms with Gasteiger partial charge in [0.05, 0.1) is 17.8 Å². The summed E-state index contributed by atoms with van der Waals surface area (Å²) >= 11 is 12.4. The Morgan fingerprint density at radius 3 is 2.50 bits per heavy atom. The molecular formula is C17H22Cl2O3. The number of hydrogen-bond donors (Lipinski definition) is 1. The highest BCUT2D eigenvalue weighted by Gasteiger charge is 2.66. The molecule has 0 spiro atoms. The highest BCUT2D eigenvalue weighted by atomic mass is 35.5. The van der Waals surface area contributed by atoms with Gasteiger partial charge in [-0.05, 0) is 37.8 Å². The zero-order valence-electron chi connectivity index (χ0n) is 13.1. The summed E-state index contributed by atoms with van der Waals surface area (Å²) < 4.78 is 12.3. The molecule has 0 saturated carbocycles. The minimum Gasteiger partial charge on any atom is -0.387 e. The largest absolute Gasteiger partial charge is 0.387 e. The van der Waals surface area contributed by atoms with Gasteiger partial charge in [-0.25, -0.2) is 0 Å². The molecule has 0 amide bonds. The molecule has 3 rings (SSSR count). The smallest absolute Gasteiger partial charge is 0.115 e. The monoisotopic (exact) mass is 344 g/mol. The van der Waals surface area contributed by atoms with Crippen LogP contribution in [0.3, 0.4) is 0 Å². The van der Waals surface area contributed by atoms with Gasteiger partial charge in [-0.15, -0.1) is 0 Å². The lowest BCUT2D eigenvalue weighted by Gasteiger charge is -2.36. The molecule has 2 aliphatic rings. The first kappa shape index (κ1) is 16.5. The topological polar surface area (TPSA) is 38.7 Å². The van der Waals surface area contributed by atoms with Crippen molar-refractivity contribution in [1.29, 1.82) is 0 Å². The van der Waals surface area contributed by atoms with E-state index in [-0.39, 0.29) is 18.6 Å². The van der Waals surface area contributed by atoms with Crippen LogP contribution in [0.1, 0.15) is 39.2 Å². The maximum Gasteiger partial charge on any atom is 0.115 e. The second-order valence-electron chi connectivity index (χ2n) is 6.90. The zero-order valence-corrected chi connectivity index (χ0v) is 14.6. The highest BCUT2D eigenvalue weighted by Crippen LogP contribution is 2.55. The summed E-state index contributed by atoms with van der Waals surface area (Å²) in [6, 6.07) is 5.38. The Bertz CT molecular complexity index is 557. The van der Waals surface area contributed by atoms with E-state index in [4.69, 9.17) is 32.7 Å². The minimum absolute atomic E-state index is 0.238. The standard InChI is InChI=1S/C17H22Cl2O3/c1-10(2)17-8-7-16(3,22-17)15(14(17)20)21-9-11-12(18)5-4-6-13(11)19/h4-6,10,14-15,20H,7-9H2,1-3H3/t14-,15-,16+,17+/m1/s1. The van der Waals surface area contributed by atoms with E-state index < -0.39 is 17.3 Å². The fraction of sp³-hybridized carbons (Fsp3) is 0.647. The van der Waals surface area contributed by atoms with Gasteiger partial charge < -0.3 is 14.6 Å². The van der Waals surface area contributed by atoms with E-state index in [0.29, 0.717) is 10.0 Å². The lowest BCUT2D eigenvalue weighted by Crippen LogP contribution is -2.51. The molecule has 1 N–H and O–H groups in total. The van der Waals surface area contributed by atoms with Crippen molar-refractivity contribution in [3.05, 3.63) is 33.8 Å². The summed E-state index contributed by atoms with van der Waals surface area (Å²) in [5.41, 5.74) is -0.191.